The quantitative estimate of drug-likeness (QED) is 0.636. The number of hydrogen-bond donors (Lipinski definition) is 2. The van der Waals surface area contributed by atoms with Crippen molar-refractivity contribution in [3.05, 3.63) is 34.2 Å². The molecule has 7 heteroatoms. The molecule has 1 radical (unpaired) electrons. The second-order valence-corrected chi connectivity index (χ2v) is 3.75. The van der Waals surface area contributed by atoms with E-state index in [-0.39, 0.29) is 46.6 Å². The molecular weight excluding hydrogens is 263 g/mol. The molecule has 0 bridgehead atoms. The maximum atomic E-state index is 11.2. The van der Waals surface area contributed by atoms with Crippen LogP contribution in [0.5, 0.6) is 11.5 Å². The third kappa shape index (κ3) is 3.50. The van der Waals surface area contributed by atoms with Crippen LogP contribution in [0.2, 0.25) is 0 Å². The largest absolute Gasteiger partial charge is 0.504 e. The van der Waals surface area contributed by atoms with Crippen LogP contribution < -0.4 is 10.4 Å². The molecule has 95 valence electrons. The van der Waals surface area contributed by atoms with Crippen LogP contribution in [-0.2, 0) is 4.79 Å². The third-order valence-electron chi connectivity index (χ3n) is 2.38. The molecule has 19 heavy (non-hydrogen) atoms. The van der Waals surface area contributed by atoms with Crippen molar-refractivity contribution in [2.75, 3.05) is 6.61 Å². The van der Waals surface area contributed by atoms with Crippen LogP contribution in [0.4, 0.5) is 0 Å². The zero-order valence-electron chi connectivity index (χ0n) is 10.5. The molecular formula is C12H10NaO6. The molecule has 0 aliphatic heterocycles. The summed E-state index contributed by atoms with van der Waals surface area (Å²) in [5, 5.41) is 18.7. The molecule has 0 unspecified atom stereocenters. The second kappa shape index (κ2) is 6.10. The maximum Gasteiger partial charge on any atom is 0.341 e. The molecule has 0 atom stereocenters. The van der Waals surface area contributed by atoms with Crippen molar-refractivity contribution in [3.63, 3.8) is 0 Å². The molecule has 6 nitrogen and oxygen atoms in total. The van der Waals surface area contributed by atoms with Crippen LogP contribution >= 0.6 is 0 Å². The van der Waals surface area contributed by atoms with Crippen LogP contribution in [0.15, 0.2) is 27.4 Å². The third-order valence-corrected chi connectivity index (χ3v) is 2.38. The minimum atomic E-state index is -1.17. The Balaban J connectivity index is 0.00000180. The topological polar surface area (TPSA) is 97.0 Å². The van der Waals surface area contributed by atoms with Crippen molar-refractivity contribution in [1.29, 1.82) is 0 Å². The molecule has 0 amide bonds. The Kier molecular flexibility index (Phi) is 4.99. The van der Waals surface area contributed by atoms with Gasteiger partial charge < -0.3 is 19.4 Å². The Morgan fingerprint density at radius 3 is 2.68 bits per heavy atom. The molecule has 0 aliphatic rings. The fraction of sp³-hybridized carbons (Fsp3) is 0.167. The fourth-order valence-electron chi connectivity index (χ4n) is 1.59. The van der Waals surface area contributed by atoms with Gasteiger partial charge in [0, 0.05) is 47.1 Å². The van der Waals surface area contributed by atoms with Crippen LogP contribution in [-0.4, -0.2) is 52.3 Å². The van der Waals surface area contributed by atoms with Gasteiger partial charge in [0.2, 0.25) is 0 Å². The van der Waals surface area contributed by atoms with Gasteiger partial charge in [-0.15, -0.1) is 0 Å². The van der Waals surface area contributed by atoms with E-state index in [1.165, 1.54) is 18.2 Å². The smallest absolute Gasteiger partial charge is 0.341 e. The van der Waals surface area contributed by atoms with Crippen LogP contribution in [0.25, 0.3) is 11.0 Å². The summed E-state index contributed by atoms with van der Waals surface area (Å²) < 4.78 is 9.83. The number of carboxylic acid groups (broad SMARTS) is 1. The van der Waals surface area contributed by atoms with Crippen LogP contribution in [0.3, 0.4) is 0 Å². The van der Waals surface area contributed by atoms with Crippen molar-refractivity contribution in [2.24, 2.45) is 0 Å². The number of phenols is 1. The van der Waals surface area contributed by atoms with Gasteiger partial charge in [0.15, 0.2) is 18.1 Å². The summed E-state index contributed by atoms with van der Waals surface area (Å²) in [7, 11) is 0. The molecule has 1 aromatic heterocycles. The Bertz CT molecular complexity index is 676. The fourth-order valence-corrected chi connectivity index (χ4v) is 1.59. The van der Waals surface area contributed by atoms with E-state index in [4.69, 9.17) is 14.3 Å². The van der Waals surface area contributed by atoms with Gasteiger partial charge in [0.05, 0.1) is 0 Å². The van der Waals surface area contributed by atoms with E-state index in [0.29, 0.717) is 10.9 Å². The number of aliphatic carboxylic acids is 1. The Morgan fingerprint density at radius 1 is 1.37 bits per heavy atom. The summed E-state index contributed by atoms with van der Waals surface area (Å²) in [6.45, 7) is 1.12. The van der Waals surface area contributed by atoms with Gasteiger partial charge in [-0.2, -0.15) is 0 Å². The minimum absolute atomic E-state index is 0. The Labute approximate surface area is 129 Å². The molecule has 0 saturated carbocycles. The summed E-state index contributed by atoms with van der Waals surface area (Å²) in [6, 6.07) is 3.96. The molecule has 2 N–H and O–H groups in total. The van der Waals surface area contributed by atoms with E-state index in [2.05, 4.69) is 0 Å². The average Bonchev–Trinajstić information content (AvgIpc) is 2.27. The number of carbonyl (C=O) groups is 1. The van der Waals surface area contributed by atoms with Crippen molar-refractivity contribution in [3.8, 4) is 11.5 Å². The van der Waals surface area contributed by atoms with E-state index in [1.807, 2.05) is 0 Å². The molecule has 2 rings (SSSR count). The van der Waals surface area contributed by atoms with E-state index in [0.717, 1.165) is 0 Å². The minimum Gasteiger partial charge on any atom is -0.504 e. The monoisotopic (exact) mass is 273 g/mol. The Morgan fingerprint density at radius 2 is 2.05 bits per heavy atom. The molecule has 0 saturated heterocycles. The summed E-state index contributed by atoms with van der Waals surface area (Å²) in [4.78, 5) is 21.6. The first-order valence-electron chi connectivity index (χ1n) is 5.09. The predicted molar refractivity (Wildman–Crippen MR) is 67.8 cm³/mol. The van der Waals surface area contributed by atoms with Gasteiger partial charge in [-0.25, -0.2) is 9.59 Å². The first-order valence-corrected chi connectivity index (χ1v) is 5.09. The zero-order valence-corrected chi connectivity index (χ0v) is 12.5. The number of benzene rings is 1. The van der Waals surface area contributed by atoms with Gasteiger partial charge in [-0.3, -0.25) is 0 Å². The summed E-state index contributed by atoms with van der Waals surface area (Å²) in [5.41, 5.74) is 0.370. The standard InChI is InChI=1S/C12H10O6.Na/c1-6-2-12(16)18-9-4-10(17-5-11(14)15)8(13)3-7(6)9;/h2-4,13H,5H2,1H3,(H,14,15);. The number of rotatable bonds is 3. The van der Waals surface area contributed by atoms with Gasteiger partial charge >= 0.3 is 11.6 Å². The maximum absolute atomic E-state index is 11.2. The SMILES string of the molecule is Cc1cc(=O)oc2cc(OCC(=O)O)c(O)cc12.[Na]. The van der Waals surface area contributed by atoms with E-state index in [1.54, 1.807) is 6.92 Å². The van der Waals surface area contributed by atoms with Gasteiger partial charge in [0.1, 0.15) is 5.58 Å². The van der Waals surface area contributed by atoms with Crippen molar-refractivity contribution < 1.29 is 24.2 Å². The van der Waals surface area contributed by atoms with Crippen molar-refractivity contribution >= 4 is 46.5 Å². The Hall–Kier alpha value is -1.50. The molecule has 1 heterocycles. The number of ether oxygens (including phenoxy) is 1. The van der Waals surface area contributed by atoms with Crippen molar-refractivity contribution in [2.45, 2.75) is 6.92 Å². The van der Waals surface area contributed by atoms with E-state index in [9.17, 15) is 14.7 Å². The normalized spacial score (nSPS) is 9.95. The molecule has 0 fully saturated rings. The first-order chi connectivity index (χ1) is 8.47. The number of aryl methyl sites for hydroxylation is 1. The van der Waals surface area contributed by atoms with Gasteiger partial charge in [-0.05, 0) is 18.6 Å². The number of carboxylic acids is 1. The molecule has 0 aliphatic carbocycles. The second-order valence-electron chi connectivity index (χ2n) is 3.75. The first kappa shape index (κ1) is 15.6. The van der Waals surface area contributed by atoms with Crippen LogP contribution in [0.1, 0.15) is 5.56 Å². The van der Waals surface area contributed by atoms with Gasteiger partial charge in [0.25, 0.3) is 0 Å². The number of aromatic hydroxyl groups is 1. The number of hydrogen-bond acceptors (Lipinski definition) is 5. The van der Waals surface area contributed by atoms with E-state index < -0.39 is 18.2 Å². The average molecular weight is 273 g/mol. The van der Waals surface area contributed by atoms with E-state index >= 15 is 0 Å². The van der Waals surface area contributed by atoms with Crippen molar-refractivity contribution in [1.82, 2.24) is 0 Å². The summed E-state index contributed by atoms with van der Waals surface area (Å²) >= 11 is 0. The molecule has 1 aromatic carbocycles. The zero-order chi connectivity index (χ0) is 13.3. The summed E-state index contributed by atoms with van der Waals surface area (Å²) in [6.07, 6.45) is 0. The number of phenolic OH excluding ortho intramolecular Hbond substituents is 1. The van der Waals surface area contributed by atoms with Gasteiger partial charge in [-0.1, -0.05) is 0 Å². The summed E-state index contributed by atoms with van der Waals surface area (Å²) in [5.74, 6) is -1.42. The molecule has 2 aromatic rings. The molecule has 0 spiro atoms. The predicted octanol–water partition coefficient (Wildman–Crippen LogP) is 0.890. The van der Waals surface area contributed by atoms with Crippen LogP contribution in [0, 0.1) is 6.92 Å². The number of fused-ring (bicyclic) bond motifs is 1.